The number of rotatable bonds is 4. The first-order chi connectivity index (χ1) is 7.08. The summed E-state index contributed by atoms with van der Waals surface area (Å²) in [5.41, 5.74) is 1.52. The molecule has 0 spiro atoms. The molecule has 0 aliphatic heterocycles. The first kappa shape index (κ1) is 11.3. The molecule has 1 heterocycles. The predicted molar refractivity (Wildman–Crippen MR) is 57.2 cm³/mol. The highest BCUT2D eigenvalue weighted by atomic mass is 16.1. The summed E-state index contributed by atoms with van der Waals surface area (Å²) in [6, 6.07) is 1.61. The zero-order valence-electron chi connectivity index (χ0n) is 8.82. The van der Waals surface area contributed by atoms with Crippen LogP contribution in [0.5, 0.6) is 0 Å². The molecule has 0 aliphatic carbocycles. The lowest BCUT2D eigenvalue weighted by molar-refractivity contribution is 0.112. The molecule has 0 unspecified atom stereocenters. The number of hydrogen-bond acceptors (Lipinski definition) is 4. The maximum atomic E-state index is 10.8. The standard InChI is InChI=1S/C10H14N4O/c1-13(2)4-8-3-10(12)14(7-11)5-9(8)6-15/h3,5-7,11-12H,4H2,1-2H3. The van der Waals surface area contributed by atoms with Crippen LogP contribution in [0.1, 0.15) is 15.9 Å². The maximum absolute atomic E-state index is 10.8. The third-order valence-corrected chi connectivity index (χ3v) is 1.99. The molecule has 0 bridgehead atoms. The van der Waals surface area contributed by atoms with E-state index in [1.165, 1.54) is 10.8 Å². The molecule has 15 heavy (non-hydrogen) atoms. The van der Waals surface area contributed by atoms with Crippen molar-refractivity contribution in [2.75, 3.05) is 14.1 Å². The van der Waals surface area contributed by atoms with Gasteiger partial charge in [-0.25, -0.2) is 0 Å². The molecule has 1 aromatic heterocycles. The molecule has 80 valence electrons. The van der Waals surface area contributed by atoms with Gasteiger partial charge in [0.1, 0.15) is 5.49 Å². The van der Waals surface area contributed by atoms with Crippen LogP contribution in [0.2, 0.25) is 0 Å². The highest BCUT2D eigenvalue weighted by Gasteiger charge is 2.04. The smallest absolute Gasteiger partial charge is 0.151 e. The van der Waals surface area contributed by atoms with Gasteiger partial charge in [0.05, 0.1) is 6.34 Å². The first-order valence-electron chi connectivity index (χ1n) is 4.48. The molecule has 0 radical (unpaired) electrons. The van der Waals surface area contributed by atoms with Crippen LogP contribution in [0.15, 0.2) is 12.3 Å². The van der Waals surface area contributed by atoms with Crippen LogP contribution in [-0.4, -0.2) is 36.2 Å². The van der Waals surface area contributed by atoms with Gasteiger partial charge in [-0.3, -0.25) is 20.2 Å². The molecular weight excluding hydrogens is 192 g/mol. The maximum Gasteiger partial charge on any atom is 0.151 e. The van der Waals surface area contributed by atoms with Gasteiger partial charge in [-0.05, 0) is 25.7 Å². The largest absolute Gasteiger partial charge is 0.305 e. The zero-order valence-corrected chi connectivity index (χ0v) is 8.82. The molecular formula is C10H14N4O. The minimum atomic E-state index is 0.201. The fourth-order valence-corrected chi connectivity index (χ4v) is 1.32. The Morgan fingerprint density at radius 1 is 1.53 bits per heavy atom. The van der Waals surface area contributed by atoms with Gasteiger partial charge < -0.3 is 4.90 Å². The number of aromatic nitrogens is 1. The summed E-state index contributed by atoms with van der Waals surface area (Å²) in [6.07, 6.45) is 3.26. The second kappa shape index (κ2) is 4.65. The van der Waals surface area contributed by atoms with Crippen molar-refractivity contribution >= 4 is 12.6 Å². The third kappa shape index (κ3) is 2.60. The quantitative estimate of drug-likeness (QED) is 0.422. The van der Waals surface area contributed by atoms with Crippen molar-refractivity contribution < 1.29 is 4.79 Å². The average molecular weight is 206 g/mol. The zero-order chi connectivity index (χ0) is 11.4. The molecule has 1 aromatic rings. The molecule has 0 fully saturated rings. The number of pyridine rings is 1. The summed E-state index contributed by atoms with van der Waals surface area (Å²) < 4.78 is 1.29. The van der Waals surface area contributed by atoms with Gasteiger partial charge in [0.15, 0.2) is 6.29 Å². The second-order valence-electron chi connectivity index (χ2n) is 3.53. The van der Waals surface area contributed by atoms with Gasteiger partial charge >= 0.3 is 0 Å². The lowest BCUT2D eigenvalue weighted by Crippen LogP contribution is -2.22. The van der Waals surface area contributed by atoms with Crippen LogP contribution in [0.3, 0.4) is 0 Å². The fourth-order valence-electron chi connectivity index (χ4n) is 1.32. The lowest BCUT2D eigenvalue weighted by atomic mass is 10.1. The summed E-state index contributed by atoms with van der Waals surface area (Å²) in [4.78, 5) is 12.7. The van der Waals surface area contributed by atoms with Gasteiger partial charge in [0, 0.05) is 18.3 Å². The molecule has 0 saturated carbocycles. The van der Waals surface area contributed by atoms with E-state index in [0.29, 0.717) is 12.1 Å². The molecule has 2 N–H and O–H groups in total. The summed E-state index contributed by atoms with van der Waals surface area (Å²) in [7, 11) is 3.80. The van der Waals surface area contributed by atoms with Gasteiger partial charge in [-0.15, -0.1) is 0 Å². The van der Waals surface area contributed by atoms with Crippen molar-refractivity contribution in [2.24, 2.45) is 0 Å². The van der Waals surface area contributed by atoms with Crippen LogP contribution in [0, 0.1) is 10.8 Å². The van der Waals surface area contributed by atoms with E-state index in [4.69, 9.17) is 10.8 Å². The highest BCUT2D eigenvalue weighted by Crippen LogP contribution is 2.04. The van der Waals surface area contributed by atoms with Crippen LogP contribution in [-0.2, 0) is 6.54 Å². The Labute approximate surface area is 88.0 Å². The van der Waals surface area contributed by atoms with Crippen LogP contribution in [0.4, 0.5) is 0 Å². The minimum absolute atomic E-state index is 0.201. The van der Waals surface area contributed by atoms with E-state index in [-0.39, 0.29) is 5.49 Å². The van der Waals surface area contributed by atoms with E-state index in [0.717, 1.165) is 18.2 Å². The Bertz CT molecular complexity index is 434. The Kier molecular flexibility index (Phi) is 3.51. The van der Waals surface area contributed by atoms with Crippen molar-refractivity contribution in [3.63, 3.8) is 0 Å². The summed E-state index contributed by atoms with van der Waals surface area (Å²) >= 11 is 0. The molecule has 5 heteroatoms. The Morgan fingerprint density at radius 2 is 2.20 bits per heavy atom. The number of nitrogens with zero attached hydrogens (tertiary/aromatic N) is 2. The first-order valence-corrected chi connectivity index (χ1v) is 4.48. The third-order valence-electron chi connectivity index (χ3n) is 1.99. The molecule has 0 saturated heterocycles. The SMILES string of the molecule is CN(C)Cc1cc(=N)n(C=N)cc1C=O. The normalized spacial score (nSPS) is 10.3. The van der Waals surface area contributed by atoms with Crippen LogP contribution < -0.4 is 5.49 Å². The van der Waals surface area contributed by atoms with Crippen molar-refractivity contribution in [3.05, 3.63) is 28.9 Å². The van der Waals surface area contributed by atoms with Crippen molar-refractivity contribution in [3.8, 4) is 0 Å². The molecule has 0 aromatic carbocycles. The van der Waals surface area contributed by atoms with Crippen LogP contribution >= 0.6 is 0 Å². The van der Waals surface area contributed by atoms with Gasteiger partial charge in [0.2, 0.25) is 0 Å². The number of nitrogens with one attached hydrogen (secondary N) is 2. The topological polar surface area (TPSA) is 72.9 Å². The van der Waals surface area contributed by atoms with Gasteiger partial charge in [-0.2, -0.15) is 0 Å². The van der Waals surface area contributed by atoms with Crippen molar-refractivity contribution in [2.45, 2.75) is 6.54 Å². The second-order valence-corrected chi connectivity index (χ2v) is 3.53. The summed E-state index contributed by atoms with van der Waals surface area (Å²) in [5.74, 6) is 0. The van der Waals surface area contributed by atoms with E-state index < -0.39 is 0 Å². The van der Waals surface area contributed by atoms with E-state index >= 15 is 0 Å². The number of hydrogen-bond donors (Lipinski definition) is 2. The Balaban J connectivity index is 3.27. The van der Waals surface area contributed by atoms with Crippen LogP contribution in [0.25, 0.3) is 0 Å². The Hall–Kier alpha value is -1.75. The molecule has 0 amide bonds. The van der Waals surface area contributed by atoms with Crippen molar-refractivity contribution in [1.82, 2.24) is 9.47 Å². The van der Waals surface area contributed by atoms with Crippen molar-refractivity contribution in [1.29, 1.82) is 10.8 Å². The number of carbonyl (C=O) groups is 1. The fraction of sp³-hybridized carbons (Fsp3) is 0.300. The lowest BCUT2D eigenvalue weighted by Gasteiger charge is -2.12. The average Bonchev–Trinajstić information content (AvgIpc) is 2.17. The number of carbonyl (C=O) groups excluding carboxylic acids is 1. The monoisotopic (exact) mass is 206 g/mol. The summed E-state index contributed by atoms with van der Waals surface area (Å²) in [6.45, 7) is 0.610. The van der Waals surface area contributed by atoms with E-state index in [1.54, 1.807) is 6.07 Å². The highest BCUT2D eigenvalue weighted by molar-refractivity contribution is 5.77. The van der Waals surface area contributed by atoms with E-state index in [9.17, 15) is 4.79 Å². The predicted octanol–water partition coefficient (Wildman–Crippen LogP) is 0.297. The van der Waals surface area contributed by atoms with Gasteiger partial charge in [-0.1, -0.05) is 0 Å². The number of aldehydes is 1. The van der Waals surface area contributed by atoms with E-state index in [1.807, 2.05) is 19.0 Å². The molecule has 5 nitrogen and oxygen atoms in total. The van der Waals surface area contributed by atoms with E-state index in [2.05, 4.69) is 0 Å². The molecule has 1 rings (SSSR count). The Morgan fingerprint density at radius 3 is 2.67 bits per heavy atom. The summed E-state index contributed by atoms with van der Waals surface area (Å²) in [5, 5.41) is 14.7. The molecule has 0 atom stereocenters. The van der Waals surface area contributed by atoms with Gasteiger partial charge in [0.25, 0.3) is 0 Å². The molecule has 0 aliphatic rings. The minimum Gasteiger partial charge on any atom is -0.305 e.